The van der Waals surface area contributed by atoms with E-state index in [-0.39, 0.29) is 30.4 Å². The van der Waals surface area contributed by atoms with Crippen LogP contribution in [0.2, 0.25) is 0 Å². The third-order valence-corrected chi connectivity index (χ3v) is 5.31. The topological polar surface area (TPSA) is 87.7 Å². The van der Waals surface area contributed by atoms with Crippen molar-refractivity contribution in [2.45, 2.75) is 91.5 Å². The van der Waals surface area contributed by atoms with Crippen molar-refractivity contribution in [3.63, 3.8) is 0 Å². The first kappa shape index (κ1) is 24.7. The Kier molecular flexibility index (Phi) is 8.09. The third kappa shape index (κ3) is 6.71. The van der Waals surface area contributed by atoms with Crippen molar-refractivity contribution in [2.75, 3.05) is 6.54 Å². The van der Waals surface area contributed by atoms with Crippen LogP contribution in [0.5, 0.6) is 0 Å². The number of amides is 3. The number of carbonyl (C=O) groups is 3. The van der Waals surface area contributed by atoms with Crippen LogP contribution in [0.15, 0.2) is 18.2 Å². The fraction of sp³-hybridized carbons (Fsp3) is 0.625. The molecule has 7 heteroatoms. The van der Waals surface area contributed by atoms with Crippen molar-refractivity contribution in [2.24, 2.45) is 0 Å². The third-order valence-electron chi connectivity index (χ3n) is 5.31. The van der Waals surface area contributed by atoms with E-state index in [2.05, 4.69) is 10.6 Å². The van der Waals surface area contributed by atoms with Gasteiger partial charge in [0.2, 0.25) is 11.8 Å². The van der Waals surface area contributed by atoms with Crippen LogP contribution in [-0.2, 0) is 14.3 Å². The summed E-state index contributed by atoms with van der Waals surface area (Å²) in [5.41, 5.74) is 2.11. The highest BCUT2D eigenvalue weighted by Gasteiger charge is 2.40. The molecule has 1 unspecified atom stereocenters. The standard InChI is InChI=1S/C24H37N3O4/c1-15(2)26-22(29)21(20-16(3)10-8-11-17(20)4)27(18-12-9-13-18)19(28)14-25-23(30)31-24(5,6)7/h8,10-11,15,18,21H,9,12-14H2,1-7H3,(H,25,30)(H,26,29). The Morgan fingerprint density at radius 2 is 1.71 bits per heavy atom. The molecule has 0 heterocycles. The maximum Gasteiger partial charge on any atom is 0.408 e. The summed E-state index contributed by atoms with van der Waals surface area (Å²) in [6.45, 7) is 12.8. The molecule has 31 heavy (non-hydrogen) atoms. The van der Waals surface area contributed by atoms with Crippen LogP contribution in [0.1, 0.15) is 76.6 Å². The van der Waals surface area contributed by atoms with Gasteiger partial charge < -0.3 is 20.3 Å². The van der Waals surface area contributed by atoms with Crippen molar-refractivity contribution in [1.29, 1.82) is 0 Å². The first-order chi connectivity index (χ1) is 14.4. The molecule has 2 N–H and O–H groups in total. The number of nitrogens with zero attached hydrogens (tertiary/aromatic N) is 1. The minimum absolute atomic E-state index is 0.0325. The number of alkyl carbamates (subject to hydrolysis) is 1. The zero-order chi connectivity index (χ0) is 23.3. The van der Waals surface area contributed by atoms with Crippen molar-refractivity contribution in [3.05, 3.63) is 34.9 Å². The van der Waals surface area contributed by atoms with Gasteiger partial charge in [0.15, 0.2) is 0 Å². The number of nitrogens with one attached hydrogen (secondary N) is 2. The van der Waals surface area contributed by atoms with E-state index in [1.165, 1.54) is 0 Å². The number of benzene rings is 1. The summed E-state index contributed by atoms with van der Waals surface area (Å²) >= 11 is 0. The quantitative estimate of drug-likeness (QED) is 0.688. The Morgan fingerprint density at radius 3 is 2.16 bits per heavy atom. The Balaban J connectivity index is 2.36. The summed E-state index contributed by atoms with van der Waals surface area (Å²) < 4.78 is 5.25. The maximum atomic E-state index is 13.4. The number of rotatable bonds is 7. The molecular weight excluding hydrogens is 394 g/mol. The number of carbonyl (C=O) groups excluding carboxylic acids is 3. The Labute approximate surface area is 185 Å². The van der Waals surface area contributed by atoms with E-state index in [0.717, 1.165) is 36.0 Å². The molecule has 1 fully saturated rings. The molecule has 1 aromatic rings. The minimum Gasteiger partial charge on any atom is -0.444 e. The number of aryl methyl sites for hydroxylation is 2. The lowest BCUT2D eigenvalue weighted by molar-refractivity contribution is -0.145. The van der Waals surface area contributed by atoms with Gasteiger partial charge in [0.1, 0.15) is 18.2 Å². The van der Waals surface area contributed by atoms with Gasteiger partial charge >= 0.3 is 6.09 Å². The van der Waals surface area contributed by atoms with Crippen LogP contribution in [-0.4, -0.2) is 47.0 Å². The summed E-state index contributed by atoms with van der Waals surface area (Å²) in [7, 11) is 0. The average molecular weight is 432 g/mol. The molecule has 7 nitrogen and oxygen atoms in total. The normalized spacial score (nSPS) is 15.1. The highest BCUT2D eigenvalue weighted by molar-refractivity contribution is 5.91. The van der Waals surface area contributed by atoms with Crippen LogP contribution in [0.3, 0.4) is 0 Å². The van der Waals surface area contributed by atoms with E-state index < -0.39 is 17.7 Å². The van der Waals surface area contributed by atoms with Crippen molar-refractivity contribution >= 4 is 17.9 Å². The molecule has 0 spiro atoms. The Hall–Kier alpha value is -2.57. The van der Waals surface area contributed by atoms with Crippen LogP contribution >= 0.6 is 0 Å². The first-order valence-electron chi connectivity index (χ1n) is 11.0. The number of hydrogen-bond acceptors (Lipinski definition) is 4. The Bertz CT molecular complexity index is 789. The largest absolute Gasteiger partial charge is 0.444 e. The second-order valence-electron chi connectivity index (χ2n) is 9.61. The van der Waals surface area contributed by atoms with Crippen LogP contribution in [0.4, 0.5) is 4.79 Å². The van der Waals surface area contributed by atoms with Crippen molar-refractivity contribution < 1.29 is 19.1 Å². The fourth-order valence-corrected chi connectivity index (χ4v) is 3.80. The van der Waals surface area contributed by atoms with E-state index in [4.69, 9.17) is 4.74 Å². The number of ether oxygens (including phenoxy) is 1. The molecule has 1 aromatic carbocycles. The summed E-state index contributed by atoms with van der Waals surface area (Å²) in [6, 6.07) is 5.03. The fourth-order valence-electron chi connectivity index (χ4n) is 3.80. The highest BCUT2D eigenvalue weighted by Crippen LogP contribution is 2.35. The molecule has 172 valence electrons. The van der Waals surface area contributed by atoms with E-state index >= 15 is 0 Å². The van der Waals surface area contributed by atoms with E-state index in [1.807, 2.05) is 45.9 Å². The minimum atomic E-state index is -0.748. The number of hydrogen-bond donors (Lipinski definition) is 2. The molecule has 3 amide bonds. The molecule has 1 atom stereocenters. The molecule has 0 bridgehead atoms. The van der Waals surface area contributed by atoms with E-state index in [1.54, 1.807) is 25.7 Å². The first-order valence-corrected chi connectivity index (χ1v) is 11.0. The lowest BCUT2D eigenvalue weighted by atomic mass is 9.86. The smallest absolute Gasteiger partial charge is 0.408 e. The lowest BCUT2D eigenvalue weighted by Gasteiger charge is -2.43. The molecule has 1 aliphatic carbocycles. The zero-order valence-corrected chi connectivity index (χ0v) is 19.9. The monoisotopic (exact) mass is 431 g/mol. The second kappa shape index (κ2) is 10.2. The lowest BCUT2D eigenvalue weighted by Crippen LogP contribution is -2.54. The predicted molar refractivity (Wildman–Crippen MR) is 121 cm³/mol. The molecular formula is C24H37N3O4. The van der Waals surface area contributed by atoms with Crippen LogP contribution < -0.4 is 10.6 Å². The molecule has 1 saturated carbocycles. The maximum absolute atomic E-state index is 13.4. The van der Waals surface area contributed by atoms with Gasteiger partial charge in [-0.25, -0.2) is 4.79 Å². The van der Waals surface area contributed by atoms with Gasteiger partial charge in [0.05, 0.1) is 0 Å². The summed E-state index contributed by atoms with van der Waals surface area (Å²) in [5.74, 6) is -0.493. The van der Waals surface area contributed by atoms with Crippen molar-refractivity contribution in [3.8, 4) is 0 Å². The molecule has 0 aliphatic heterocycles. The SMILES string of the molecule is Cc1cccc(C)c1C(C(=O)NC(C)C)N(C(=O)CNC(=O)OC(C)(C)C)C1CCC1. The molecule has 0 saturated heterocycles. The molecule has 1 aliphatic rings. The summed E-state index contributed by atoms with van der Waals surface area (Å²) in [5, 5.41) is 5.54. The zero-order valence-electron chi connectivity index (χ0n) is 19.9. The van der Waals surface area contributed by atoms with Crippen LogP contribution in [0, 0.1) is 13.8 Å². The predicted octanol–water partition coefficient (Wildman–Crippen LogP) is 3.77. The van der Waals surface area contributed by atoms with Gasteiger partial charge in [-0.3, -0.25) is 9.59 Å². The van der Waals surface area contributed by atoms with Gasteiger partial charge in [-0.15, -0.1) is 0 Å². The van der Waals surface area contributed by atoms with E-state index in [9.17, 15) is 14.4 Å². The highest BCUT2D eigenvalue weighted by atomic mass is 16.6. The summed E-state index contributed by atoms with van der Waals surface area (Å²) in [6.07, 6.45) is 2.05. The van der Waals surface area contributed by atoms with Gasteiger partial charge in [-0.1, -0.05) is 18.2 Å². The van der Waals surface area contributed by atoms with Gasteiger partial charge in [0, 0.05) is 12.1 Å². The van der Waals surface area contributed by atoms with Gasteiger partial charge in [-0.05, 0) is 84.4 Å². The van der Waals surface area contributed by atoms with E-state index in [0.29, 0.717) is 0 Å². The van der Waals surface area contributed by atoms with Crippen LogP contribution in [0.25, 0.3) is 0 Å². The average Bonchev–Trinajstić information content (AvgIpc) is 2.57. The van der Waals surface area contributed by atoms with Gasteiger partial charge in [0.25, 0.3) is 0 Å². The summed E-state index contributed by atoms with van der Waals surface area (Å²) in [4.78, 5) is 40.5. The second-order valence-corrected chi connectivity index (χ2v) is 9.61. The molecule has 0 aromatic heterocycles. The van der Waals surface area contributed by atoms with Gasteiger partial charge in [-0.2, -0.15) is 0 Å². The van der Waals surface area contributed by atoms with Crippen molar-refractivity contribution in [1.82, 2.24) is 15.5 Å². The molecule has 0 radical (unpaired) electrons. The Morgan fingerprint density at radius 1 is 1.13 bits per heavy atom. The molecule has 2 rings (SSSR count).